The molecular weight excluding hydrogens is 469 g/mol. The van der Waals surface area contributed by atoms with E-state index in [1.807, 2.05) is 13.8 Å². The van der Waals surface area contributed by atoms with Crippen LogP contribution in [0.5, 0.6) is 5.75 Å². The number of carbonyl (C=O) groups excluding carboxylic acids is 1. The summed E-state index contributed by atoms with van der Waals surface area (Å²) < 4.78 is 14.3. The first-order valence-corrected chi connectivity index (χ1v) is 11.5. The minimum Gasteiger partial charge on any atom is -0.505 e. The van der Waals surface area contributed by atoms with E-state index in [-0.39, 0.29) is 35.7 Å². The lowest BCUT2D eigenvalue weighted by molar-refractivity contribution is -0.120. The van der Waals surface area contributed by atoms with E-state index in [9.17, 15) is 14.3 Å². The summed E-state index contributed by atoms with van der Waals surface area (Å²) in [6.45, 7) is 4.59. The smallest absolute Gasteiger partial charge is 0.224 e. The van der Waals surface area contributed by atoms with Crippen LogP contribution in [0.2, 0.25) is 5.02 Å². The van der Waals surface area contributed by atoms with E-state index < -0.39 is 11.7 Å². The average Bonchev–Trinajstić information content (AvgIpc) is 2.79. The van der Waals surface area contributed by atoms with E-state index in [4.69, 9.17) is 28.5 Å². The quantitative estimate of drug-likeness (QED) is 0.111. The largest absolute Gasteiger partial charge is 0.505 e. The highest BCUT2D eigenvalue weighted by Crippen LogP contribution is 2.42. The van der Waals surface area contributed by atoms with Gasteiger partial charge in [-0.3, -0.25) is 10.2 Å². The van der Waals surface area contributed by atoms with Gasteiger partial charge in [-0.2, -0.15) is 0 Å². The van der Waals surface area contributed by atoms with Crippen molar-refractivity contribution in [2.24, 2.45) is 11.7 Å². The van der Waals surface area contributed by atoms with Crippen molar-refractivity contribution < 1.29 is 14.3 Å². The van der Waals surface area contributed by atoms with E-state index in [1.54, 1.807) is 30.3 Å². The Morgan fingerprint density at radius 2 is 1.94 bits per heavy atom. The van der Waals surface area contributed by atoms with Crippen LogP contribution in [0.1, 0.15) is 30.5 Å². The summed E-state index contributed by atoms with van der Waals surface area (Å²) in [5, 5.41) is 24.7. The van der Waals surface area contributed by atoms with E-state index in [1.165, 1.54) is 12.1 Å². The zero-order valence-electron chi connectivity index (χ0n) is 19.6. The van der Waals surface area contributed by atoms with Crippen LogP contribution >= 0.6 is 11.6 Å². The van der Waals surface area contributed by atoms with Crippen LogP contribution in [0.4, 0.5) is 15.8 Å². The standard InChI is InChI=1S/C26H29ClFN5O2/c1-14(2)12-32-22-11-20(27)24(15-4-3-5-18(29)8-15)19(25(22)35)10-23(34)33-13-17-7-6-16(26(30)31)9-21(17)28/h3-9,11,14,32,35H,10,12-13,29H2,1-2H3,(H3,30,31)(H,33,34). The summed E-state index contributed by atoms with van der Waals surface area (Å²) in [6.07, 6.45) is -0.194. The van der Waals surface area contributed by atoms with Crippen molar-refractivity contribution in [3.05, 3.63) is 76.1 Å². The van der Waals surface area contributed by atoms with Crippen molar-refractivity contribution in [3.63, 3.8) is 0 Å². The normalized spacial score (nSPS) is 10.9. The Bertz CT molecular complexity index is 1260. The average molecular weight is 498 g/mol. The molecule has 0 atom stereocenters. The Morgan fingerprint density at radius 3 is 2.57 bits per heavy atom. The molecule has 0 radical (unpaired) electrons. The molecule has 0 heterocycles. The van der Waals surface area contributed by atoms with Gasteiger partial charge in [-0.15, -0.1) is 0 Å². The van der Waals surface area contributed by atoms with Gasteiger partial charge in [0.2, 0.25) is 5.91 Å². The maximum Gasteiger partial charge on any atom is 0.224 e. The molecule has 9 heteroatoms. The molecule has 0 aliphatic rings. The van der Waals surface area contributed by atoms with Crippen LogP contribution in [0.3, 0.4) is 0 Å². The highest BCUT2D eigenvalue weighted by Gasteiger charge is 2.21. The molecule has 8 N–H and O–H groups in total. The number of amidine groups is 1. The molecule has 0 unspecified atom stereocenters. The van der Waals surface area contributed by atoms with E-state index in [2.05, 4.69) is 10.6 Å². The number of aromatic hydroxyl groups is 1. The monoisotopic (exact) mass is 497 g/mol. The van der Waals surface area contributed by atoms with Crippen molar-refractivity contribution in [3.8, 4) is 16.9 Å². The third-order valence-corrected chi connectivity index (χ3v) is 5.70. The third kappa shape index (κ3) is 6.42. The molecule has 0 saturated heterocycles. The number of carbonyl (C=O) groups is 1. The van der Waals surface area contributed by atoms with Gasteiger partial charge in [0.1, 0.15) is 17.4 Å². The summed E-state index contributed by atoms with van der Waals surface area (Å²) in [6, 6.07) is 12.8. The van der Waals surface area contributed by atoms with Crippen molar-refractivity contribution >= 4 is 34.7 Å². The number of nitrogens with one attached hydrogen (secondary N) is 3. The molecule has 0 spiro atoms. The zero-order valence-corrected chi connectivity index (χ0v) is 20.3. The first-order valence-electron chi connectivity index (χ1n) is 11.1. The third-order valence-electron chi connectivity index (χ3n) is 5.41. The first kappa shape index (κ1) is 25.8. The molecule has 3 rings (SSSR count). The van der Waals surface area contributed by atoms with Gasteiger partial charge in [0.15, 0.2) is 0 Å². The summed E-state index contributed by atoms with van der Waals surface area (Å²) in [4.78, 5) is 12.9. The summed E-state index contributed by atoms with van der Waals surface area (Å²) >= 11 is 6.63. The maximum absolute atomic E-state index is 14.3. The Balaban J connectivity index is 1.91. The summed E-state index contributed by atoms with van der Waals surface area (Å²) in [5.74, 6) is -1.02. The number of benzene rings is 3. The zero-order chi connectivity index (χ0) is 25.7. The summed E-state index contributed by atoms with van der Waals surface area (Å²) in [5.41, 5.74) is 14.3. The Kier molecular flexibility index (Phi) is 8.19. The molecule has 0 aromatic heterocycles. The lowest BCUT2D eigenvalue weighted by Crippen LogP contribution is -2.25. The highest BCUT2D eigenvalue weighted by molar-refractivity contribution is 6.34. The van der Waals surface area contributed by atoms with Gasteiger partial charge in [-0.1, -0.05) is 49.7 Å². The van der Waals surface area contributed by atoms with Crippen molar-refractivity contribution in [2.75, 3.05) is 17.6 Å². The maximum atomic E-state index is 14.3. The summed E-state index contributed by atoms with van der Waals surface area (Å²) in [7, 11) is 0. The number of phenolic OH excluding ortho intramolecular Hbond substituents is 1. The molecule has 7 nitrogen and oxygen atoms in total. The molecule has 1 amide bonds. The predicted molar refractivity (Wildman–Crippen MR) is 139 cm³/mol. The molecule has 0 bridgehead atoms. The van der Waals surface area contributed by atoms with Crippen molar-refractivity contribution in [2.45, 2.75) is 26.8 Å². The molecule has 3 aromatic rings. The van der Waals surface area contributed by atoms with Gasteiger partial charge in [0, 0.05) is 41.0 Å². The second kappa shape index (κ2) is 11.1. The minimum absolute atomic E-state index is 0.0732. The van der Waals surface area contributed by atoms with Gasteiger partial charge in [0.05, 0.1) is 17.1 Å². The molecular formula is C26H29ClFN5O2. The molecule has 0 saturated carbocycles. The fraction of sp³-hybridized carbons (Fsp3) is 0.231. The Labute approximate surface area is 208 Å². The lowest BCUT2D eigenvalue weighted by atomic mass is 9.95. The van der Waals surface area contributed by atoms with E-state index >= 15 is 0 Å². The lowest BCUT2D eigenvalue weighted by Gasteiger charge is -2.19. The second-order valence-corrected chi connectivity index (χ2v) is 9.09. The number of hydrogen-bond donors (Lipinski definition) is 6. The molecule has 3 aromatic carbocycles. The van der Waals surface area contributed by atoms with Crippen LogP contribution in [0, 0.1) is 17.1 Å². The molecule has 0 fully saturated rings. The number of hydrogen-bond acceptors (Lipinski definition) is 5. The van der Waals surface area contributed by atoms with Crippen LogP contribution < -0.4 is 22.1 Å². The number of nitrogen functional groups attached to an aromatic ring is 2. The van der Waals surface area contributed by atoms with Gasteiger partial charge in [0.25, 0.3) is 0 Å². The fourth-order valence-electron chi connectivity index (χ4n) is 3.59. The second-order valence-electron chi connectivity index (χ2n) is 8.68. The number of amides is 1. The van der Waals surface area contributed by atoms with Crippen molar-refractivity contribution in [1.29, 1.82) is 5.41 Å². The van der Waals surface area contributed by atoms with Gasteiger partial charge in [-0.05, 0) is 35.7 Å². The number of rotatable bonds is 9. The van der Waals surface area contributed by atoms with Gasteiger partial charge >= 0.3 is 0 Å². The van der Waals surface area contributed by atoms with E-state index in [0.29, 0.717) is 45.6 Å². The Hall–Kier alpha value is -3.78. The van der Waals surface area contributed by atoms with Crippen LogP contribution in [-0.2, 0) is 17.8 Å². The SMILES string of the molecule is CC(C)CNc1cc(Cl)c(-c2cccc(N)c2)c(CC(=O)NCc2ccc(C(=N)N)cc2F)c1O. The molecule has 0 aliphatic heterocycles. The van der Waals surface area contributed by atoms with E-state index in [0.717, 1.165) is 6.07 Å². The molecule has 0 aliphatic carbocycles. The van der Waals surface area contributed by atoms with Crippen LogP contribution in [0.25, 0.3) is 11.1 Å². The van der Waals surface area contributed by atoms with Gasteiger partial charge < -0.3 is 27.2 Å². The number of halogens is 2. The number of nitrogens with two attached hydrogens (primary N) is 2. The number of phenols is 1. The Morgan fingerprint density at radius 1 is 1.20 bits per heavy atom. The highest BCUT2D eigenvalue weighted by atomic mass is 35.5. The van der Waals surface area contributed by atoms with Crippen LogP contribution in [-0.4, -0.2) is 23.4 Å². The van der Waals surface area contributed by atoms with Crippen LogP contribution in [0.15, 0.2) is 48.5 Å². The minimum atomic E-state index is -0.579. The van der Waals surface area contributed by atoms with Gasteiger partial charge in [-0.25, -0.2) is 4.39 Å². The fourth-order valence-corrected chi connectivity index (χ4v) is 3.93. The van der Waals surface area contributed by atoms with Crippen molar-refractivity contribution in [1.82, 2.24) is 5.32 Å². The molecule has 35 heavy (non-hydrogen) atoms. The molecule has 184 valence electrons. The number of anilines is 2. The predicted octanol–water partition coefficient (Wildman–Crippen LogP) is 4.64. The first-order chi connectivity index (χ1) is 16.6. The topological polar surface area (TPSA) is 137 Å².